The average molecular weight is 587 g/mol. The van der Waals surface area contributed by atoms with Crippen molar-refractivity contribution in [3.05, 3.63) is 54.6 Å². The van der Waals surface area contributed by atoms with Crippen LogP contribution < -0.4 is 14.8 Å². The molecule has 1 saturated heterocycles. The number of benzene rings is 1. The monoisotopic (exact) mass is 586 g/mol. The Labute approximate surface area is 239 Å². The summed E-state index contributed by atoms with van der Waals surface area (Å²) in [6.07, 6.45) is 4.87. The van der Waals surface area contributed by atoms with Crippen molar-refractivity contribution in [3.63, 3.8) is 0 Å². The van der Waals surface area contributed by atoms with Crippen LogP contribution in [0.2, 0.25) is 0 Å². The summed E-state index contributed by atoms with van der Waals surface area (Å²) in [5, 5.41) is 3.29. The Balaban J connectivity index is 1.53. The maximum atomic E-state index is 15.3. The quantitative estimate of drug-likeness (QED) is 0.356. The molecule has 1 aliphatic heterocycles. The van der Waals surface area contributed by atoms with E-state index in [-0.39, 0.29) is 30.3 Å². The van der Waals surface area contributed by atoms with E-state index in [2.05, 4.69) is 25.0 Å². The number of halogens is 1. The molecular weight excluding hydrogens is 551 g/mol. The lowest BCUT2D eigenvalue weighted by Crippen LogP contribution is -2.47. The molecule has 13 heteroatoms. The number of pyridine rings is 1. The van der Waals surface area contributed by atoms with Crippen LogP contribution in [0.25, 0.3) is 11.3 Å². The number of anilines is 1. The summed E-state index contributed by atoms with van der Waals surface area (Å²) in [6, 6.07) is 8.88. The molecule has 1 aromatic carbocycles. The van der Waals surface area contributed by atoms with Gasteiger partial charge in [0.15, 0.2) is 11.6 Å². The van der Waals surface area contributed by atoms with Gasteiger partial charge in [-0.3, -0.25) is 0 Å². The third-order valence-corrected chi connectivity index (χ3v) is 7.55. The van der Waals surface area contributed by atoms with Crippen LogP contribution in [-0.2, 0) is 14.8 Å². The highest BCUT2D eigenvalue weighted by Crippen LogP contribution is 2.33. The number of carbonyl (C=O) groups excluding carboxylic acids is 1. The average Bonchev–Trinajstić information content (AvgIpc) is 2.93. The van der Waals surface area contributed by atoms with E-state index in [0.29, 0.717) is 36.7 Å². The van der Waals surface area contributed by atoms with Crippen molar-refractivity contribution < 1.29 is 27.1 Å². The van der Waals surface area contributed by atoms with Gasteiger partial charge in [-0.15, -0.1) is 0 Å². The van der Waals surface area contributed by atoms with E-state index in [1.54, 1.807) is 29.3 Å². The Morgan fingerprint density at radius 1 is 1.15 bits per heavy atom. The van der Waals surface area contributed by atoms with Crippen LogP contribution in [-0.4, -0.2) is 65.6 Å². The van der Waals surface area contributed by atoms with E-state index in [0.717, 1.165) is 12.8 Å². The van der Waals surface area contributed by atoms with Crippen molar-refractivity contribution >= 4 is 22.1 Å². The Kier molecular flexibility index (Phi) is 9.38. The summed E-state index contributed by atoms with van der Waals surface area (Å²) in [6.45, 7) is 8.53. The third-order valence-electron chi connectivity index (χ3n) is 6.08. The molecule has 220 valence electrons. The van der Waals surface area contributed by atoms with Crippen molar-refractivity contribution in [3.8, 4) is 22.9 Å². The van der Waals surface area contributed by atoms with Crippen molar-refractivity contribution in [2.45, 2.75) is 63.5 Å². The summed E-state index contributed by atoms with van der Waals surface area (Å²) in [5.41, 5.74) is 0.330. The molecule has 0 aliphatic carbocycles. The molecule has 0 spiro atoms. The number of hydrogen-bond acceptors (Lipinski definition) is 9. The number of hydrogen-bond donors (Lipinski definition) is 2. The number of sulfonamides is 1. The van der Waals surface area contributed by atoms with E-state index in [9.17, 15) is 13.2 Å². The summed E-state index contributed by atoms with van der Waals surface area (Å²) in [7, 11) is -4.06. The Morgan fingerprint density at radius 2 is 1.95 bits per heavy atom. The Bertz CT molecular complexity index is 1480. The zero-order valence-electron chi connectivity index (χ0n) is 23.6. The minimum atomic E-state index is -4.06. The smallest absolute Gasteiger partial charge is 0.410 e. The van der Waals surface area contributed by atoms with Crippen LogP contribution in [0.3, 0.4) is 0 Å². The van der Waals surface area contributed by atoms with Gasteiger partial charge in [-0.2, -0.15) is 0 Å². The molecule has 0 radical (unpaired) electrons. The normalized spacial score (nSPS) is 15.8. The Hall–Kier alpha value is -3.84. The van der Waals surface area contributed by atoms with Gasteiger partial charge in [0, 0.05) is 38.1 Å². The fraction of sp³-hybridized carbons (Fsp3) is 0.429. The van der Waals surface area contributed by atoms with Gasteiger partial charge in [0.2, 0.25) is 21.9 Å². The number of nitrogens with one attached hydrogen (secondary N) is 2. The molecule has 11 nitrogen and oxygen atoms in total. The number of rotatable bonds is 9. The summed E-state index contributed by atoms with van der Waals surface area (Å²) in [4.78, 5) is 26.9. The topological polar surface area (TPSA) is 136 Å². The van der Waals surface area contributed by atoms with Gasteiger partial charge < -0.3 is 19.7 Å². The lowest BCUT2D eigenvalue weighted by Gasteiger charge is -2.34. The van der Waals surface area contributed by atoms with E-state index < -0.39 is 26.3 Å². The lowest BCUT2D eigenvalue weighted by molar-refractivity contribution is 0.0206. The first-order valence-electron chi connectivity index (χ1n) is 13.5. The summed E-state index contributed by atoms with van der Waals surface area (Å²) in [5.74, 6) is -0.929. The number of piperidine rings is 1. The van der Waals surface area contributed by atoms with Gasteiger partial charge >= 0.3 is 6.09 Å². The van der Waals surface area contributed by atoms with Crippen LogP contribution in [0.15, 0.2) is 53.7 Å². The summed E-state index contributed by atoms with van der Waals surface area (Å²) < 4.78 is 54.0. The third kappa shape index (κ3) is 7.88. The number of amides is 1. The van der Waals surface area contributed by atoms with Crippen LogP contribution in [0.1, 0.15) is 47.0 Å². The van der Waals surface area contributed by atoms with Gasteiger partial charge in [0.05, 0.1) is 11.3 Å². The van der Waals surface area contributed by atoms with Gasteiger partial charge in [0.1, 0.15) is 10.5 Å². The summed E-state index contributed by atoms with van der Waals surface area (Å²) >= 11 is 0. The molecule has 1 atom stereocenters. The molecule has 1 aliphatic rings. The number of carbonyl (C=O) groups is 1. The Morgan fingerprint density at radius 3 is 2.71 bits per heavy atom. The highest BCUT2D eigenvalue weighted by Gasteiger charge is 2.28. The fourth-order valence-electron chi connectivity index (χ4n) is 4.21. The van der Waals surface area contributed by atoms with Crippen molar-refractivity contribution in [2.24, 2.45) is 0 Å². The molecule has 0 unspecified atom stereocenters. The van der Waals surface area contributed by atoms with E-state index in [1.807, 2.05) is 27.7 Å². The molecule has 41 heavy (non-hydrogen) atoms. The predicted molar refractivity (Wildman–Crippen MR) is 152 cm³/mol. The molecule has 1 fully saturated rings. The molecule has 2 aromatic heterocycles. The highest BCUT2D eigenvalue weighted by molar-refractivity contribution is 7.89. The van der Waals surface area contributed by atoms with Gasteiger partial charge in [-0.25, -0.2) is 37.3 Å². The maximum Gasteiger partial charge on any atom is 0.410 e. The first-order chi connectivity index (χ1) is 19.5. The molecule has 3 aromatic rings. The second-order valence-corrected chi connectivity index (χ2v) is 12.3. The van der Waals surface area contributed by atoms with Crippen molar-refractivity contribution in [1.29, 1.82) is 0 Å². The van der Waals surface area contributed by atoms with Crippen LogP contribution >= 0.6 is 0 Å². The molecule has 4 rings (SSSR count). The first kappa shape index (κ1) is 30.1. The zero-order chi connectivity index (χ0) is 29.6. The minimum absolute atomic E-state index is 0.0425. The number of ether oxygens (including phenoxy) is 2. The molecule has 2 N–H and O–H groups in total. The second kappa shape index (κ2) is 12.8. The van der Waals surface area contributed by atoms with Gasteiger partial charge in [-0.05, 0) is 70.4 Å². The standard InChI is InChI=1S/C28H35FN6O5S/c1-5-14-32-41(37,38)23-12-6-11-22(24(23)29)39-25-20(10-7-15-30-25)21-13-16-31-26(34-21)33-19-9-8-17-35(18-19)27(36)40-28(2,3)4/h6-7,10-13,15-16,19,32H,5,8-9,14,17-18H2,1-4H3,(H,31,33,34)/t19-/m0/s1. The SMILES string of the molecule is CCCNS(=O)(=O)c1cccc(Oc2ncccc2-c2ccnc(N[C@H]3CCCN(C(=O)OC(C)(C)C)C3)n2)c1F. The molecule has 3 heterocycles. The van der Waals surface area contributed by atoms with Crippen LogP contribution in [0.4, 0.5) is 15.1 Å². The highest BCUT2D eigenvalue weighted by atomic mass is 32.2. The van der Waals surface area contributed by atoms with Gasteiger partial charge in [-0.1, -0.05) is 13.0 Å². The van der Waals surface area contributed by atoms with Crippen LogP contribution in [0, 0.1) is 5.82 Å². The number of aromatic nitrogens is 3. The number of nitrogens with zero attached hydrogens (tertiary/aromatic N) is 4. The molecule has 0 bridgehead atoms. The second-order valence-electron chi connectivity index (χ2n) is 10.6. The lowest BCUT2D eigenvalue weighted by atomic mass is 10.1. The maximum absolute atomic E-state index is 15.3. The minimum Gasteiger partial charge on any atom is -0.444 e. The predicted octanol–water partition coefficient (Wildman–Crippen LogP) is 4.97. The van der Waals surface area contributed by atoms with E-state index in [1.165, 1.54) is 24.4 Å². The largest absolute Gasteiger partial charge is 0.444 e. The molecule has 0 saturated carbocycles. The van der Waals surface area contributed by atoms with E-state index >= 15 is 4.39 Å². The van der Waals surface area contributed by atoms with Crippen LogP contribution in [0.5, 0.6) is 11.6 Å². The first-order valence-corrected chi connectivity index (χ1v) is 14.9. The van der Waals surface area contributed by atoms with Crippen molar-refractivity contribution in [1.82, 2.24) is 24.6 Å². The fourth-order valence-corrected chi connectivity index (χ4v) is 5.43. The molecular formula is C28H35FN6O5S. The number of likely N-dealkylation sites (tertiary alicyclic amines) is 1. The van der Waals surface area contributed by atoms with E-state index in [4.69, 9.17) is 9.47 Å². The van der Waals surface area contributed by atoms with Gasteiger partial charge in [0.25, 0.3) is 0 Å². The molecule has 1 amide bonds. The van der Waals surface area contributed by atoms with Crippen molar-refractivity contribution in [2.75, 3.05) is 25.0 Å². The zero-order valence-corrected chi connectivity index (χ0v) is 24.4.